The van der Waals surface area contributed by atoms with Gasteiger partial charge in [0.15, 0.2) is 12.7 Å². The summed E-state index contributed by atoms with van der Waals surface area (Å²) in [6.07, 6.45) is 2.57. The third kappa shape index (κ3) is 4.03. The Morgan fingerprint density at radius 2 is 1.93 bits per heavy atom. The van der Waals surface area contributed by atoms with Gasteiger partial charge in [-0.3, -0.25) is 0 Å². The van der Waals surface area contributed by atoms with Crippen LogP contribution >= 0.6 is 0 Å². The number of carbonyl (C=O) groups excluding carboxylic acids is 1. The van der Waals surface area contributed by atoms with Crippen LogP contribution in [0.2, 0.25) is 0 Å². The smallest absolute Gasteiger partial charge is 0.344 e. The number of aromatic nitrogens is 2. The number of benzene rings is 2. The van der Waals surface area contributed by atoms with Gasteiger partial charge < -0.3 is 13.9 Å². The lowest BCUT2D eigenvalue weighted by Gasteiger charge is -2.11. The molecule has 0 radical (unpaired) electrons. The van der Waals surface area contributed by atoms with Crippen LogP contribution in [0.1, 0.15) is 36.5 Å². The summed E-state index contributed by atoms with van der Waals surface area (Å²) in [6, 6.07) is 11.6. The Morgan fingerprint density at radius 1 is 1.14 bits per heavy atom. The van der Waals surface area contributed by atoms with Gasteiger partial charge in [-0.1, -0.05) is 6.07 Å². The van der Waals surface area contributed by atoms with Crippen LogP contribution in [0.25, 0.3) is 11.5 Å². The second-order valence-corrected chi connectivity index (χ2v) is 6.66. The van der Waals surface area contributed by atoms with Crippen molar-refractivity contribution >= 4 is 5.97 Å². The first-order valence-corrected chi connectivity index (χ1v) is 9.12. The number of aryl methyl sites for hydroxylation is 2. The fraction of sp³-hybridized carbons (Fsp3) is 0.286. The van der Waals surface area contributed by atoms with Crippen LogP contribution in [0.4, 0.5) is 4.39 Å². The lowest BCUT2D eigenvalue weighted by Crippen LogP contribution is -2.17. The quantitative estimate of drug-likeness (QED) is 0.599. The van der Waals surface area contributed by atoms with Crippen LogP contribution in [-0.4, -0.2) is 22.8 Å². The number of esters is 1. The molecule has 1 atom stereocenters. The molecular formula is C21H19FN2O4. The summed E-state index contributed by atoms with van der Waals surface area (Å²) in [5, 5.41) is 7.81. The van der Waals surface area contributed by atoms with E-state index in [1.807, 2.05) is 18.2 Å². The predicted octanol–water partition coefficient (Wildman–Crippen LogP) is 4.05. The predicted molar refractivity (Wildman–Crippen MR) is 98.2 cm³/mol. The second-order valence-electron chi connectivity index (χ2n) is 6.66. The molecule has 0 saturated heterocycles. The topological polar surface area (TPSA) is 74.5 Å². The molecule has 1 aliphatic rings. The SMILES string of the molecule is C[C@@H](OC(=O)COc1ccc2c(c1)CCC2)c1nnc(-c2ccc(F)cc2)o1. The Balaban J connectivity index is 1.32. The van der Waals surface area contributed by atoms with Crippen LogP contribution in [0, 0.1) is 5.82 Å². The summed E-state index contributed by atoms with van der Waals surface area (Å²) in [5.41, 5.74) is 3.20. The zero-order valence-electron chi connectivity index (χ0n) is 15.4. The summed E-state index contributed by atoms with van der Waals surface area (Å²) in [5.74, 6) is 0.155. The van der Waals surface area contributed by atoms with E-state index in [2.05, 4.69) is 10.2 Å². The molecule has 1 aromatic heterocycles. The molecule has 0 unspecified atom stereocenters. The number of hydrogen-bond donors (Lipinski definition) is 0. The molecule has 4 rings (SSSR count). The number of carbonyl (C=O) groups is 1. The molecule has 0 spiro atoms. The van der Waals surface area contributed by atoms with Gasteiger partial charge in [-0.25, -0.2) is 9.18 Å². The maximum Gasteiger partial charge on any atom is 0.344 e. The van der Waals surface area contributed by atoms with Gasteiger partial charge in [0, 0.05) is 5.56 Å². The zero-order valence-corrected chi connectivity index (χ0v) is 15.4. The van der Waals surface area contributed by atoms with Gasteiger partial charge in [0.25, 0.3) is 5.89 Å². The van der Waals surface area contributed by atoms with Gasteiger partial charge in [-0.15, -0.1) is 10.2 Å². The summed E-state index contributed by atoms with van der Waals surface area (Å²) in [6.45, 7) is 1.43. The summed E-state index contributed by atoms with van der Waals surface area (Å²) >= 11 is 0. The Kier molecular flexibility index (Phi) is 5.06. The highest BCUT2D eigenvalue weighted by molar-refractivity contribution is 5.71. The van der Waals surface area contributed by atoms with Crippen molar-refractivity contribution in [2.24, 2.45) is 0 Å². The number of halogens is 1. The summed E-state index contributed by atoms with van der Waals surface area (Å²) in [4.78, 5) is 12.1. The molecule has 144 valence electrons. The van der Waals surface area contributed by atoms with Crippen molar-refractivity contribution in [1.82, 2.24) is 10.2 Å². The maximum atomic E-state index is 13.0. The molecular weight excluding hydrogens is 363 g/mol. The fourth-order valence-electron chi connectivity index (χ4n) is 3.17. The standard InChI is InChI=1S/C21H19FN2O4/c1-13(20-23-24-21(28-20)15-5-8-17(22)9-6-15)27-19(25)12-26-18-10-7-14-3-2-4-16(14)11-18/h5-11,13H,2-4,12H2,1H3/t13-/m1/s1. The lowest BCUT2D eigenvalue weighted by molar-refractivity contribution is -0.152. The average molecular weight is 382 g/mol. The highest BCUT2D eigenvalue weighted by Crippen LogP contribution is 2.26. The molecule has 0 saturated carbocycles. The molecule has 0 aliphatic heterocycles. The van der Waals surface area contributed by atoms with Gasteiger partial charge in [0.1, 0.15) is 11.6 Å². The van der Waals surface area contributed by atoms with Gasteiger partial charge in [0.2, 0.25) is 5.89 Å². The maximum absolute atomic E-state index is 13.0. The Labute approximate surface area is 161 Å². The average Bonchev–Trinajstić information content (AvgIpc) is 3.36. The minimum absolute atomic E-state index is 0.158. The number of fused-ring (bicyclic) bond motifs is 1. The van der Waals surface area contributed by atoms with E-state index in [1.54, 1.807) is 6.92 Å². The number of nitrogens with zero attached hydrogens (tertiary/aromatic N) is 2. The Bertz CT molecular complexity index is 984. The largest absolute Gasteiger partial charge is 0.482 e. The lowest BCUT2D eigenvalue weighted by atomic mass is 10.1. The van der Waals surface area contributed by atoms with E-state index in [-0.39, 0.29) is 24.2 Å². The molecule has 1 aliphatic carbocycles. The molecule has 0 amide bonds. The minimum Gasteiger partial charge on any atom is -0.482 e. The summed E-state index contributed by atoms with van der Waals surface area (Å²) < 4.78 is 29.4. The van der Waals surface area contributed by atoms with E-state index in [9.17, 15) is 9.18 Å². The molecule has 0 N–H and O–H groups in total. The highest BCUT2D eigenvalue weighted by Gasteiger charge is 2.20. The van der Waals surface area contributed by atoms with Crippen molar-refractivity contribution in [2.75, 3.05) is 6.61 Å². The molecule has 7 heteroatoms. The van der Waals surface area contributed by atoms with E-state index in [0.29, 0.717) is 11.3 Å². The van der Waals surface area contributed by atoms with Crippen molar-refractivity contribution in [3.05, 3.63) is 65.3 Å². The van der Waals surface area contributed by atoms with Gasteiger partial charge in [-0.05, 0) is 73.7 Å². The molecule has 3 aromatic rings. The van der Waals surface area contributed by atoms with Crippen molar-refractivity contribution in [1.29, 1.82) is 0 Å². The molecule has 0 bridgehead atoms. The zero-order chi connectivity index (χ0) is 19.5. The first-order valence-electron chi connectivity index (χ1n) is 9.12. The van der Waals surface area contributed by atoms with Crippen LogP contribution in [-0.2, 0) is 22.4 Å². The first kappa shape index (κ1) is 18.2. The van der Waals surface area contributed by atoms with E-state index in [0.717, 1.165) is 19.3 Å². The second kappa shape index (κ2) is 7.80. The van der Waals surface area contributed by atoms with E-state index in [4.69, 9.17) is 13.9 Å². The van der Waals surface area contributed by atoms with E-state index < -0.39 is 12.1 Å². The van der Waals surface area contributed by atoms with Crippen molar-refractivity contribution in [3.8, 4) is 17.2 Å². The molecule has 0 fully saturated rings. The fourth-order valence-corrected chi connectivity index (χ4v) is 3.17. The van der Waals surface area contributed by atoms with Crippen LogP contribution < -0.4 is 4.74 Å². The number of rotatable bonds is 6. The first-order chi connectivity index (χ1) is 13.6. The minimum atomic E-state index is -0.724. The third-order valence-electron chi connectivity index (χ3n) is 4.61. The number of ether oxygens (including phenoxy) is 2. The molecule has 1 heterocycles. The molecule has 6 nitrogen and oxygen atoms in total. The van der Waals surface area contributed by atoms with E-state index in [1.165, 1.54) is 35.4 Å². The molecule has 28 heavy (non-hydrogen) atoms. The number of hydrogen-bond acceptors (Lipinski definition) is 6. The summed E-state index contributed by atoms with van der Waals surface area (Å²) in [7, 11) is 0. The monoisotopic (exact) mass is 382 g/mol. The van der Waals surface area contributed by atoms with Gasteiger partial charge in [-0.2, -0.15) is 0 Å². The van der Waals surface area contributed by atoms with Crippen molar-refractivity contribution < 1.29 is 23.1 Å². The van der Waals surface area contributed by atoms with Crippen LogP contribution in [0.5, 0.6) is 5.75 Å². The Hall–Kier alpha value is -3.22. The normalized spacial score (nSPS) is 13.8. The third-order valence-corrected chi connectivity index (χ3v) is 4.61. The van der Waals surface area contributed by atoms with Gasteiger partial charge >= 0.3 is 5.97 Å². The van der Waals surface area contributed by atoms with Crippen LogP contribution in [0.3, 0.4) is 0 Å². The highest BCUT2D eigenvalue weighted by atomic mass is 19.1. The van der Waals surface area contributed by atoms with Crippen LogP contribution in [0.15, 0.2) is 46.9 Å². The van der Waals surface area contributed by atoms with Crippen molar-refractivity contribution in [3.63, 3.8) is 0 Å². The molecule has 2 aromatic carbocycles. The van der Waals surface area contributed by atoms with Crippen molar-refractivity contribution in [2.45, 2.75) is 32.3 Å². The van der Waals surface area contributed by atoms with Gasteiger partial charge in [0.05, 0.1) is 0 Å². The van der Waals surface area contributed by atoms with E-state index >= 15 is 0 Å². The Morgan fingerprint density at radius 3 is 2.75 bits per heavy atom.